The summed E-state index contributed by atoms with van der Waals surface area (Å²) < 4.78 is 5.00. The Labute approximate surface area is 77.4 Å². The van der Waals surface area contributed by atoms with E-state index < -0.39 is 7.12 Å². The van der Waals surface area contributed by atoms with E-state index in [1.165, 1.54) is 5.98 Å². The van der Waals surface area contributed by atoms with Crippen LogP contribution in [0.1, 0.15) is 5.56 Å². The van der Waals surface area contributed by atoms with Crippen LogP contribution in [0.15, 0.2) is 30.2 Å². The highest BCUT2D eigenvalue weighted by molar-refractivity contribution is 6.48. The molecule has 0 bridgehead atoms. The summed E-state index contributed by atoms with van der Waals surface area (Å²) in [6, 6.07) is 7.31. The first-order valence-electron chi connectivity index (χ1n) is 3.91. The zero-order valence-corrected chi connectivity index (χ0v) is 7.34. The van der Waals surface area contributed by atoms with Gasteiger partial charge >= 0.3 is 7.12 Å². The minimum absolute atomic E-state index is 0.745. The number of hydrogen-bond acceptors (Lipinski definition) is 3. The van der Waals surface area contributed by atoms with Gasteiger partial charge in [-0.3, -0.25) is 0 Å². The third-order valence-electron chi connectivity index (χ3n) is 1.55. The zero-order valence-electron chi connectivity index (χ0n) is 7.34. The largest absolute Gasteiger partial charge is 0.497 e. The highest BCUT2D eigenvalue weighted by Crippen LogP contribution is 2.13. The van der Waals surface area contributed by atoms with Gasteiger partial charge in [0.2, 0.25) is 0 Å². The van der Waals surface area contributed by atoms with Crippen LogP contribution in [0.4, 0.5) is 0 Å². The third-order valence-corrected chi connectivity index (χ3v) is 1.55. The lowest BCUT2D eigenvalue weighted by atomic mass is 9.91. The maximum atomic E-state index is 8.58. The van der Waals surface area contributed by atoms with Crippen LogP contribution < -0.4 is 4.74 Å². The number of benzene rings is 1. The van der Waals surface area contributed by atoms with Crippen molar-refractivity contribution in [2.24, 2.45) is 0 Å². The summed E-state index contributed by atoms with van der Waals surface area (Å²) >= 11 is 0. The smallest absolute Gasteiger partial charge is 0.480 e. The predicted octanol–water partition coefficient (Wildman–Crippen LogP) is 0.720. The summed E-state index contributed by atoms with van der Waals surface area (Å²) in [6.45, 7) is 0. The molecule has 0 amide bonds. The molecule has 0 radical (unpaired) electrons. The van der Waals surface area contributed by atoms with Crippen LogP contribution in [0.2, 0.25) is 0 Å². The molecule has 0 aliphatic rings. The van der Waals surface area contributed by atoms with Gasteiger partial charge in [-0.2, -0.15) is 0 Å². The second-order valence-corrected chi connectivity index (χ2v) is 2.55. The maximum Gasteiger partial charge on any atom is 0.480 e. The summed E-state index contributed by atoms with van der Waals surface area (Å²) in [7, 11) is 0.176. The van der Waals surface area contributed by atoms with Crippen molar-refractivity contribution >= 4 is 13.2 Å². The van der Waals surface area contributed by atoms with Gasteiger partial charge in [-0.05, 0) is 17.7 Å². The Morgan fingerprint density at radius 2 is 2.15 bits per heavy atom. The number of hydrogen-bond donors (Lipinski definition) is 2. The maximum absolute atomic E-state index is 8.58. The van der Waals surface area contributed by atoms with Gasteiger partial charge in [-0.15, -0.1) is 0 Å². The molecule has 0 fully saturated rings. The van der Waals surface area contributed by atoms with Crippen molar-refractivity contribution in [3.63, 3.8) is 0 Å². The quantitative estimate of drug-likeness (QED) is 0.670. The Bertz CT molecular complexity index is 297. The van der Waals surface area contributed by atoms with Gasteiger partial charge in [-0.25, -0.2) is 0 Å². The Kier molecular flexibility index (Phi) is 3.55. The van der Waals surface area contributed by atoms with E-state index in [-0.39, 0.29) is 0 Å². The van der Waals surface area contributed by atoms with E-state index in [1.807, 2.05) is 18.2 Å². The van der Waals surface area contributed by atoms with E-state index in [0.717, 1.165) is 11.3 Å². The molecule has 0 spiro atoms. The molecule has 1 rings (SSSR count). The van der Waals surface area contributed by atoms with E-state index in [1.54, 1.807) is 19.3 Å². The first-order valence-corrected chi connectivity index (χ1v) is 3.91. The summed E-state index contributed by atoms with van der Waals surface area (Å²) in [5.41, 5.74) is 0.868. The summed E-state index contributed by atoms with van der Waals surface area (Å²) in [4.78, 5) is 0. The predicted molar refractivity (Wildman–Crippen MR) is 52.2 cm³/mol. The first kappa shape index (κ1) is 9.83. The van der Waals surface area contributed by atoms with Crippen LogP contribution in [0.5, 0.6) is 5.75 Å². The molecule has 1 aromatic rings. The van der Waals surface area contributed by atoms with Crippen molar-refractivity contribution in [2.75, 3.05) is 7.11 Å². The second-order valence-electron chi connectivity index (χ2n) is 2.55. The van der Waals surface area contributed by atoms with Gasteiger partial charge < -0.3 is 14.8 Å². The van der Waals surface area contributed by atoms with E-state index in [2.05, 4.69) is 0 Å². The third kappa shape index (κ3) is 3.31. The van der Waals surface area contributed by atoms with Crippen LogP contribution in [0, 0.1) is 0 Å². The monoisotopic (exact) mass is 178 g/mol. The van der Waals surface area contributed by atoms with Crippen molar-refractivity contribution < 1.29 is 14.8 Å². The van der Waals surface area contributed by atoms with Crippen LogP contribution in [0.25, 0.3) is 6.08 Å². The minimum Gasteiger partial charge on any atom is -0.497 e. The molecule has 0 aliphatic heterocycles. The Morgan fingerprint density at radius 3 is 2.77 bits per heavy atom. The summed E-state index contributed by atoms with van der Waals surface area (Å²) in [5.74, 6) is 2.03. The van der Waals surface area contributed by atoms with Crippen molar-refractivity contribution in [3.8, 4) is 5.75 Å². The molecule has 0 aliphatic carbocycles. The lowest BCUT2D eigenvalue weighted by molar-refractivity contribution is 0.414. The highest BCUT2D eigenvalue weighted by atomic mass is 16.5. The van der Waals surface area contributed by atoms with Gasteiger partial charge in [0.1, 0.15) is 5.75 Å². The van der Waals surface area contributed by atoms with Crippen LogP contribution in [-0.2, 0) is 0 Å². The van der Waals surface area contributed by atoms with Gasteiger partial charge in [0.25, 0.3) is 0 Å². The summed E-state index contributed by atoms with van der Waals surface area (Å²) in [5, 5.41) is 17.2. The molecule has 0 saturated carbocycles. The highest BCUT2D eigenvalue weighted by Gasteiger charge is 1.98. The first-order chi connectivity index (χ1) is 6.22. The minimum atomic E-state index is -1.41. The molecule has 1 aromatic carbocycles. The van der Waals surface area contributed by atoms with Gasteiger partial charge in [0.05, 0.1) is 7.11 Å². The molecule has 0 heterocycles. The molecule has 0 atom stereocenters. The van der Waals surface area contributed by atoms with E-state index in [9.17, 15) is 0 Å². The SMILES string of the molecule is COc1cccc(/C=C/B(O)O)c1. The fourth-order valence-electron chi connectivity index (χ4n) is 0.942. The summed E-state index contributed by atoms with van der Waals surface area (Å²) in [6.07, 6.45) is 1.62. The Morgan fingerprint density at radius 1 is 1.38 bits per heavy atom. The molecule has 2 N–H and O–H groups in total. The van der Waals surface area contributed by atoms with Crippen molar-refractivity contribution in [2.45, 2.75) is 0 Å². The van der Waals surface area contributed by atoms with Crippen molar-refractivity contribution in [3.05, 3.63) is 35.8 Å². The van der Waals surface area contributed by atoms with Crippen molar-refractivity contribution in [1.82, 2.24) is 0 Å². The molecule has 68 valence electrons. The number of ether oxygens (including phenoxy) is 1. The van der Waals surface area contributed by atoms with Gasteiger partial charge in [0, 0.05) is 0 Å². The average molecular weight is 178 g/mol. The second kappa shape index (κ2) is 4.69. The molecule has 0 unspecified atom stereocenters. The Hall–Kier alpha value is -1.26. The molecular formula is C9H11BO3. The molecule has 4 heteroatoms. The van der Waals surface area contributed by atoms with Gasteiger partial charge in [0.15, 0.2) is 0 Å². The van der Waals surface area contributed by atoms with E-state index >= 15 is 0 Å². The molecule has 3 nitrogen and oxygen atoms in total. The fraction of sp³-hybridized carbons (Fsp3) is 0.111. The lowest BCUT2D eigenvalue weighted by Crippen LogP contribution is -2.05. The zero-order chi connectivity index (χ0) is 9.68. The molecule has 0 aromatic heterocycles. The lowest BCUT2D eigenvalue weighted by Gasteiger charge is -1.99. The molecule has 13 heavy (non-hydrogen) atoms. The fourth-order valence-corrected chi connectivity index (χ4v) is 0.942. The normalized spacial score (nSPS) is 10.4. The number of rotatable bonds is 3. The average Bonchev–Trinajstić information content (AvgIpc) is 2.15. The van der Waals surface area contributed by atoms with Crippen LogP contribution in [-0.4, -0.2) is 24.3 Å². The van der Waals surface area contributed by atoms with E-state index in [0.29, 0.717) is 0 Å². The molecule has 0 saturated heterocycles. The number of methoxy groups -OCH3 is 1. The topological polar surface area (TPSA) is 49.7 Å². The standard InChI is InChI=1S/C9H11BO3/c1-13-9-4-2-3-8(7-9)5-6-10(11)12/h2-7,11-12H,1H3/b6-5+. The van der Waals surface area contributed by atoms with Gasteiger partial charge in [-0.1, -0.05) is 24.2 Å². The van der Waals surface area contributed by atoms with Crippen LogP contribution >= 0.6 is 0 Å². The van der Waals surface area contributed by atoms with Crippen LogP contribution in [0.3, 0.4) is 0 Å². The van der Waals surface area contributed by atoms with Crippen molar-refractivity contribution in [1.29, 1.82) is 0 Å². The Balaban J connectivity index is 2.77. The van der Waals surface area contributed by atoms with E-state index in [4.69, 9.17) is 14.8 Å². The molecular weight excluding hydrogens is 167 g/mol.